The van der Waals surface area contributed by atoms with Crippen LogP contribution in [-0.2, 0) is 14.3 Å². The van der Waals surface area contributed by atoms with E-state index in [4.69, 9.17) is 24.2 Å². The zero-order valence-corrected chi connectivity index (χ0v) is 15.8. The van der Waals surface area contributed by atoms with Gasteiger partial charge in [0.25, 0.3) is 0 Å². The Bertz CT molecular complexity index is 683. The van der Waals surface area contributed by atoms with Gasteiger partial charge in [-0.25, -0.2) is 0 Å². The minimum absolute atomic E-state index is 0.214. The molecule has 1 aromatic carbocycles. The molecule has 0 bridgehead atoms. The van der Waals surface area contributed by atoms with Crippen LogP contribution < -0.4 is 14.8 Å². The van der Waals surface area contributed by atoms with E-state index in [9.17, 15) is 4.79 Å². The lowest BCUT2D eigenvalue weighted by atomic mass is 10.2. The molecule has 146 valence electrons. The first-order chi connectivity index (χ1) is 13.2. The van der Waals surface area contributed by atoms with Crippen LogP contribution in [0.2, 0.25) is 0 Å². The number of methoxy groups -OCH3 is 1. The van der Waals surface area contributed by atoms with Crippen LogP contribution in [0.1, 0.15) is 31.7 Å². The van der Waals surface area contributed by atoms with E-state index < -0.39 is 12.3 Å². The summed E-state index contributed by atoms with van der Waals surface area (Å²) in [6.45, 7) is 3.23. The number of ether oxygens (including phenoxy) is 4. The monoisotopic (exact) mass is 374 g/mol. The normalized spacial score (nSPS) is 19.4. The molecule has 2 atom stereocenters. The summed E-state index contributed by atoms with van der Waals surface area (Å²) in [4.78, 5) is 12.0. The van der Waals surface area contributed by atoms with Crippen molar-refractivity contribution in [3.05, 3.63) is 29.8 Å². The number of nitrogens with zero attached hydrogens (tertiary/aromatic N) is 1. The number of unbranched alkanes of at least 4 members (excludes halogenated alkanes) is 2. The van der Waals surface area contributed by atoms with Gasteiger partial charge in [0.2, 0.25) is 5.91 Å². The Kier molecular flexibility index (Phi) is 8.62. The zero-order chi connectivity index (χ0) is 19.5. The average molecular weight is 374 g/mol. The molecule has 1 N–H and O–H groups in total. The van der Waals surface area contributed by atoms with Crippen LogP contribution in [0.15, 0.2) is 24.3 Å². The van der Waals surface area contributed by atoms with Crippen molar-refractivity contribution in [1.82, 2.24) is 5.32 Å². The van der Waals surface area contributed by atoms with Crippen LogP contribution in [-0.4, -0.2) is 45.2 Å². The molecule has 0 saturated carbocycles. The molecule has 1 fully saturated rings. The summed E-state index contributed by atoms with van der Waals surface area (Å²) in [6.07, 6.45) is 5.04. The summed E-state index contributed by atoms with van der Waals surface area (Å²) >= 11 is 0. The summed E-state index contributed by atoms with van der Waals surface area (Å²) in [6, 6.07) is 7.46. The van der Waals surface area contributed by atoms with Gasteiger partial charge < -0.3 is 24.3 Å². The molecule has 2 unspecified atom stereocenters. The minimum atomic E-state index is -0.665. The molecule has 1 saturated heterocycles. The number of hydrogen-bond donors (Lipinski definition) is 1. The zero-order valence-electron chi connectivity index (χ0n) is 15.8. The highest BCUT2D eigenvalue weighted by Crippen LogP contribution is 2.28. The lowest BCUT2D eigenvalue weighted by Crippen LogP contribution is -2.46. The first-order valence-corrected chi connectivity index (χ1v) is 9.08. The highest BCUT2D eigenvalue weighted by atomic mass is 16.6. The fourth-order valence-corrected chi connectivity index (χ4v) is 2.52. The first-order valence-electron chi connectivity index (χ1n) is 9.08. The van der Waals surface area contributed by atoms with E-state index >= 15 is 0 Å². The first kappa shape index (κ1) is 20.7. The SMILES string of the molecule is CCCCCOc1ccc(/C=C/C(=O)NC2COCC(C#N)O2)cc1OC. The van der Waals surface area contributed by atoms with Crippen LogP contribution >= 0.6 is 0 Å². The summed E-state index contributed by atoms with van der Waals surface area (Å²) in [7, 11) is 1.58. The number of rotatable bonds is 9. The predicted octanol–water partition coefficient (Wildman–Crippen LogP) is 2.66. The van der Waals surface area contributed by atoms with Crippen molar-refractivity contribution in [2.24, 2.45) is 0 Å². The van der Waals surface area contributed by atoms with Crippen molar-refractivity contribution in [2.75, 3.05) is 26.9 Å². The molecule has 0 aromatic heterocycles. The molecule has 0 aliphatic carbocycles. The molecule has 1 heterocycles. The van der Waals surface area contributed by atoms with E-state index in [-0.39, 0.29) is 19.1 Å². The van der Waals surface area contributed by atoms with E-state index in [2.05, 4.69) is 12.2 Å². The quantitative estimate of drug-likeness (QED) is 0.528. The Hall–Kier alpha value is -2.56. The highest BCUT2D eigenvalue weighted by Gasteiger charge is 2.23. The second-order valence-electron chi connectivity index (χ2n) is 6.09. The number of benzene rings is 1. The summed E-state index contributed by atoms with van der Waals surface area (Å²) in [5.41, 5.74) is 0.804. The Morgan fingerprint density at radius 3 is 2.96 bits per heavy atom. The number of nitrogens with one attached hydrogen (secondary N) is 1. The molecule has 0 spiro atoms. The molecule has 0 radical (unpaired) electrons. The minimum Gasteiger partial charge on any atom is -0.493 e. The Balaban J connectivity index is 1.89. The predicted molar refractivity (Wildman–Crippen MR) is 100 cm³/mol. The molecule has 27 heavy (non-hydrogen) atoms. The van der Waals surface area contributed by atoms with E-state index in [1.807, 2.05) is 24.3 Å². The molecule has 7 heteroatoms. The average Bonchev–Trinajstić information content (AvgIpc) is 2.70. The number of nitriles is 1. The number of carbonyl (C=O) groups is 1. The molecular weight excluding hydrogens is 348 g/mol. The fraction of sp³-hybridized carbons (Fsp3) is 0.500. The van der Waals surface area contributed by atoms with E-state index in [0.29, 0.717) is 18.1 Å². The largest absolute Gasteiger partial charge is 0.493 e. The molecule has 1 aliphatic rings. The van der Waals surface area contributed by atoms with Crippen LogP contribution in [0.25, 0.3) is 6.08 Å². The van der Waals surface area contributed by atoms with E-state index in [1.54, 1.807) is 13.2 Å². The summed E-state index contributed by atoms with van der Waals surface area (Å²) < 4.78 is 21.7. The van der Waals surface area contributed by atoms with Crippen LogP contribution in [0.3, 0.4) is 0 Å². The molecular formula is C20H26N2O5. The Morgan fingerprint density at radius 1 is 1.37 bits per heavy atom. The van der Waals surface area contributed by atoms with E-state index in [1.165, 1.54) is 6.08 Å². The van der Waals surface area contributed by atoms with Gasteiger partial charge in [0.1, 0.15) is 0 Å². The lowest BCUT2D eigenvalue weighted by Gasteiger charge is -2.26. The van der Waals surface area contributed by atoms with Gasteiger partial charge in [-0.1, -0.05) is 25.8 Å². The topological polar surface area (TPSA) is 89.8 Å². The summed E-state index contributed by atoms with van der Waals surface area (Å²) in [5, 5.41) is 11.5. The molecule has 2 rings (SSSR count). The van der Waals surface area contributed by atoms with Crippen molar-refractivity contribution in [1.29, 1.82) is 5.26 Å². The number of carbonyl (C=O) groups excluding carboxylic acids is 1. The lowest BCUT2D eigenvalue weighted by molar-refractivity contribution is -0.143. The molecule has 1 aromatic rings. The van der Waals surface area contributed by atoms with Crippen LogP contribution in [0.5, 0.6) is 11.5 Å². The van der Waals surface area contributed by atoms with E-state index in [0.717, 1.165) is 24.8 Å². The molecule has 1 aliphatic heterocycles. The number of hydrogen-bond acceptors (Lipinski definition) is 6. The van der Waals surface area contributed by atoms with Crippen molar-refractivity contribution >= 4 is 12.0 Å². The van der Waals surface area contributed by atoms with Crippen molar-refractivity contribution < 1.29 is 23.7 Å². The van der Waals surface area contributed by atoms with Crippen molar-refractivity contribution in [3.63, 3.8) is 0 Å². The standard InChI is InChI=1S/C20H26N2O5/c1-3-4-5-10-26-17-8-6-15(11-18(17)24-2)7-9-19(23)22-20-14-25-13-16(12-21)27-20/h6-9,11,16,20H,3-5,10,13-14H2,1-2H3,(H,22,23)/b9-7+. The third kappa shape index (κ3) is 6.93. The third-order valence-corrected chi connectivity index (χ3v) is 3.93. The van der Waals surface area contributed by atoms with Gasteiger partial charge in [0.15, 0.2) is 23.8 Å². The summed E-state index contributed by atoms with van der Waals surface area (Å²) in [5.74, 6) is 0.974. The van der Waals surface area contributed by atoms with Gasteiger partial charge >= 0.3 is 0 Å². The van der Waals surface area contributed by atoms with Gasteiger partial charge in [-0.15, -0.1) is 0 Å². The van der Waals surface area contributed by atoms with Crippen molar-refractivity contribution in [3.8, 4) is 17.6 Å². The smallest absolute Gasteiger partial charge is 0.246 e. The Labute approximate surface area is 159 Å². The molecule has 1 amide bonds. The van der Waals surface area contributed by atoms with Gasteiger partial charge in [-0.05, 0) is 30.2 Å². The maximum absolute atomic E-state index is 12.0. The molecule has 7 nitrogen and oxygen atoms in total. The Morgan fingerprint density at radius 2 is 2.22 bits per heavy atom. The maximum Gasteiger partial charge on any atom is 0.246 e. The highest BCUT2D eigenvalue weighted by molar-refractivity contribution is 5.91. The second-order valence-corrected chi connectivity index (χ2v) is 6.09. The maximum atomic E-state index is 12.0. The second kappa shape index (κ2) is 11.2. The third-order valence-electron chi connectivity index (χ3n) is 3.93. The van der Waals surface area contributed by atoms with Gasteiger partial charge in [-0.2, -0.15) is 5.26 Å². The van der Waals surface area contributed by atoms with Crippen LogP contribution in [0, 0.1) is 11.3 Å². The van der Waals surface area contributed by atoms with Gasteiger partial charge in [0.05, 0.1) is 33.0 Å². The van der Waals surface area contributed by atoms with Crippen molar-refractivity contribution in [2.45, 2.75) is 38.5 Å². The van der Waals surface area contributed by atoms with Gasteiger partial charge in [-0.3, -0.25) is 4.79 Å². The van der Waals surface area contributed by atoms with Gasteiger partial charge in [0, 0.05) is 6.08 Å². The van der Waals surface area contributed by atoms with Crippen LogP contribution in [0.4, 0.5) is 0 Å². The fourth-order valence-electron chi connectivity index (χ4n) is 2.52. The number of amides is 1.